The van der Waals surface area contributed by atoms with Crippen LogP contribution in [0.1, 0.15) is 18.9 Å². The van der Waals surface area contributed by atoms with Crippen LogP contribution in [0.4, 0.5) is 5.69 Å². The molecule has 0 aliphatic heterocycles. The maximum atomic E-state index is 12.2. The summed E-state index contributed by atoms with van der Waals surface area (Å²) >= 11 is 0. The van der Waals surface area contributed by atoms with Gasteiger partial charge in [-0.2, -0.15) is 5.26 Å². The van der Waals surface area contributed by atoms with Gasteiger partial charge in [0.15, 0.2) is 0 Å². The van der Waals surface area contributed by atoms with Crippen LogP contribution < -0.4 is 10.1 Å². The number of benzene rings is 2. The number of nitrogens with one attached hydrogen (secondary N) is 1. The number of nitrogens with zero attached hydrogens (tertiary/aromatic N) is 1. The van der Waals surface area contributed by atoms with E-state index in [1.54, 1.807) is 18.2 Å². The number of ether oxygens (including phenoxy) is 1. The van der Waals surface area contributed by atoms with E-state index < -0.39 is 5.91 Å². The molecule has 0 aliphatic carbocycles. The fraction of sp³-hybridized carbons (Fsp3) is 0.158. The SMILES string of the molecule is CCCOc1cccc(/C=C(/C#N)C(=O)Nc2ccccc2)c1. The molecule has 0 bridgehead atoms. The number of rotatable bonds is 6. The van der Waals surface area contributed by atoms with E-state index in [2.05, 4.69) is 5.32 Å². The number of carbonyl (C=O) groups is 1. The normalized spacial score (nSPS) is 10.7. The number of hydrogen-bond acceptors (Lipinski definition) is 3. The van der Waals surface area contributed by atoms with Crippen molar-refractivity contribution in [3.05, 3.63) is 65.7 Å². The van der Waals surface area contributed by atoms with E-state index in [0.717, 1.165) is 17.7 Å². The lowest BCUT2D eigenvalue weighted by atomic mass is 10.1. The second-order valence-corrected chi connectivity index (χ2v) is 4.91. The van der Waals surface area contributed by atoms with Crippen LogP contribution in [-0.2, 0) is 4.79 Å². The molecule has 1 N–H and O–H groups in total. The summed E-state index contributed by atoms with van der Waals surface area (Å²) in [4.78, 5) is 12.2. The highest BCUT2D eigenvalue weighted by Gasteiger charge is 2.09. The van der Waals surface area contributed by atoms with Gasteiger partial charge in [0.2, 0.25) is 0 Å². The van der Waals surface area contributed by atoms with Crippen molar-refractivity contribution in [2.75, 3.05) is 11.9 Å². The summed E-state index contributed by atoms with van der Waals surface area (Å²) in [5, 5.41) is 11.9. The van der Waals surface area contributed by atoms with Crippen LogP contribution in [0.25, 0.3) is 6.08 Å². The molecule has 0 aliphatic rings. The molecular formula is C19H18N2O2. The molecule has 0 atom stereocenters. The van der Waals surface area contributed by atoms with Crippen molar-refractivity contribution in [3.8, 4) is 11.8 Å². The zero-order valence-corrected chi connectivity index (χ0v) is 13.0. The molecule has 0 saturated carbocycles. The quantitative estimate of drug-likeness (QED) is 0.647. The van der Waals surface area contributed by atoms with Gasteiger partial charge in [-0.25, -0.2) is 0 Å². The standard InChI is InChI=1S/C19H18N2O2/c1-2-11-23-18-10-6-7-15(13-18)12-16(14-20)19(22)21-17-8-4-3-5-9-17/h3-10,12-13H,2,11H2,1H3,(H,21,22)/b16-12-. The van der Waals surface area contributed by atoms with Crippen LogP contribution in [0, 0.1) is 11.3 Å². The molecule has 0 heterocycles. The fourth-order valence-electron chi connectivity index (χ4n) is 1.95. The predicted octanol–water partition coefficient (Wildman–Crippen LogP) is 4.02. The molecule has 0 unspecified atom stereocenters. The number of hydrogen-bond donors (Lipinski definition) is 1. The van der Waals surface area contributed by atoms with E-state index in [1.165, 1.54) is 0 Å². The summed E-state index contributed by atoms with van der Waals surface area (Å²) in [6, 6.07) is 18.3. The van der Waals surface area contributed by atoms with E-state index in [-0.39, 0.29) is 5.57 Å². The summed E-state index contributed by atoms with van der Waals surface area (Å²) in [5.41, 5.74) is 1.44. The van der Waals surface area contributed by atoms with Gasteiger partial charge in [0.25, 0.3) is 5.91 Å². The van der Waals surface area contributed by atoms with Gasteiger partial charge in [0.05, 0.1) is 6.61 Å². The molecule has 0 spiro atoms. The molecule has 2 aromatic rings. The first-order valence-electron chi connectivity index (χ1n) is 7.44. The van der Waals surface area contributed by atoms with Crippen LogP contribution in [-0.4, -0.2) is 12.5 Å². The Morgan fingerprint density at radius 3 is 2.70 bits per heavy atom. The Bertz CT molecular complexity index is 731. The van der Waals surface area contributed by atoms with E-state index in [0.29, 0.717) is 12.3 Å². The van der Waals surface area contributed by atoms with Crippen LogP contribution in [0.5, 0.6) is 5.75 Å². The topological polar surface area (TPSA) is 62.1 Å². The van der Waals surface area contributed by atoms with Crippen molar-refractivity contribution in [2.24, 2.45) is 0 Å². The van der Waals surface area contributed by atoms with Crippen LogP contribution in [0.2, 0.25) is 0 Å². The zero-order chi connectivity index (χ0) is 16.5. The summed E-state index contributed by atoms with van der Waals surface area (Å²) in [6.07, 6.45) is 2.47. The molecule has 1 amide bonds. The van der Waals surface area contributed by atoms with E-state index in [1.807, 2.05) is 55.5 Å². The van der Waals surface area contributed by atoms with Gasteiger partial charge in [0.1, 0.15) is 17.4 Å². The van der Waals surface area contributed by atoms with Crippen molar-refractivity contribution in [1.82, 2.24) is 0 Å². The third-order valence-corrected chi connectivity index (χ3v) is 3.04. The highest BCUT2D eigenvalue weighted by molar-refractivity contribution is 6.09. The summed E-state index contributed by atoms with van der Waals surface area (Å²) in [6.45, 7) is 2.66. The van der Waals surface area contributed by atoms with Crippen molar-refractivity contribution >= 4 is 17.7 Å². The largest absolute Gasteiger partial charge is 0.494 e. The zero-order valence-electron chi connectivity index (χ0n) is 13.0. The highest BCUT2D eigenvalue weighted by atomic mass is 16.5. The predicted molar refractivity (Wildman–Crippen MR) is 90.9 cm³/mol. The van der Waals surface area contributed by atoms with Crippen LogP contribution >= 0.6 is 0 Å². The first kappa shape index (κ1) is 16.3. The van der Waals surface area contributed by atoms with Crippen LogP contribution in [0.3, 0.4) is 0 Å². The minimum absolute atomic E-state index is 0.0431. The lowest BCUT2D eigenvalue weighted by Gasteiger charge is -2.06. The monoisotopic (exact) mass is 306 g/mol. The molecule has 0 aromatic heterocycles. The number of anilines is 1. The molecule has 23 heavy (non-hydrogen) atoms. The third kappa shape index (κ3) is 5.01. The van der Waals surface area contributed by atoms with Gasteiger partial charge in [-0.15, -0.1) is 0 Å². The Kier molecular flexibility index (Phi) is 5.96. The Labute approximate surface area is 136 Å². The Balaban J connectivity index is 2.15. The van der Waals surface area contributed by atoms with Gasteiger partial charge in [-0.05, 0) is 42.3 Å². The summed E-state index contributed by atoms with van der Waals surface area (Å²) < 4.78 is 5.55. The lowest BCUT2D eigenvalue weighted by Crippen LogP contribution is -2.13. The molecule has 2 rings (SSSR count). The van der Waals surface area contributed by atoms with Gasteiger partial charge in [-0.1, -0.05) is 37.3 Å². The first-order chi connectivity index (χ1) is 11.2. The van der Waals surface area contributed by atoms with E-state index in [9.17, 15) is 10.1 Å². The van der Waals surface area contributed by atoms with Gasteiger partial charge in [-0.3, -0.25) is 4.79 Å². The highest BCUT2D eigenvalue weighted by Crippen LogP contribution is 2.17. The molecule has 4 nitrogen and oxygen atoms in total. The summed E-state index contributed by atoms with van der Waals surface area (Å²) in [5.74, 6) is 0.292. The number of para-hydroxylation sites is 1. The molecular weight excluding hydrogens is 288 g/mol. The fourth-order valence-corrected chi connectivity index (χ4v) is 1.95. The van der Waals surface area contributed by atoms with Crippen molar-refractivity contribution in [2.45, 2.75) is 13.3 Å². The third-order valence-electron chi connectivity index (χ3n) is 3.04. The Morgan fingerprint density at radius 2 is 2.00 bits per heavy atom. The number of carbonyl (C=O) groups excluding carboxylic acids is 1. The minimum atomic E-state index is -0.432. The van der Waals surface area contributed by atoms with Crippen LogP contribution in [0.15, 0.2) is 60.2 Å². The van der Waals surface area contributed by atoms with E-state index >= 15 is 0 Å². The second-order valence-electron chi connectivity index (χ2n) is 4.91. The molecule has 116 valence electrons. The Hall–Kier alpha value is -3.06. The molecule has 2 aromatic carbocycles. The van der Waals surface area contributed by atoms with Crippen molar-refractivity contribution in [3.63, 3.8) is 0 Å². The van der Waals surface area contributed by atoms with Gasteiger partial charge in [0, 0.05) is 5.69 Å². The maximum Gasteiger partial charge on any atom is 0.266 e. The summed E-state index contributed by atoms with van der Waals surface area (Å²) in [7, 11) is 0. The Morgan fingerprint density at radius 1 is 1.22 bits per heavy atom. The smallest absolute Gasteiger partial charge is 0.266 e. The van der Waals surface area contributed by atoms with Crippen molar-refractivity contribution in [1.29, 1.82) is 5.26 Å². The second kappa shape index (κ2) is 8.40. The average molecular weight is 306 g/mol. The molecule has 0 saturated heterocycles. The number of amides is 1. The lowest BCUT2D eigenvalue weighted by molar-refractivity contribution is -0.112. The van der Waals surface area contributed by atoms with Gasteiger partial charge >= 0.3 is 0 Å². The molecule has 0 radical (unpaired) electrons. The first-order valence-corrected chi connectivity index (χ1v) is 7.44. The minimum Gasteiger partial charge on any atom is -0.494 e. The maximum absolute atomic E-state index is 12.2. The molecule has 4 heteroatoms. The molecule has 0 fully saturated rings. The van der Waals surface area contributed by atoms with E-state index in [4.69, 9.17) is 4.74 Å². The van der Waals surface area contributed by atoms with Crippen molar-refractivity contribution < 1.29 is 9.53 Å². The average Bonchev–Trinajstić information content (AvgIpc) is 2.59. The van der Waals surface area contributed by atoms with Gasteiger partial charge < -0.3 is 10.1 Å². The number of nitriles is 1.